The molecule has 24 heavy (non-hydrogen) atoms. The monoisotopic (exact) mass is 421 g/mol. The third kappa shape index (κ3) is 4.22. The van der Waals surface area contributed by atoms with Gasteiger partial charge in [-0.2, -0.15) is 12.8 Å². The number of rotatable bonds is 3. The fourth-order valence-electron chi connectivity index (χ4n) is 2.11. The average Bonchev–Trinajstić information content (AvgIpc) is 2.95. The minimum atomic E-state index is -3.46. The second-order valence-electron chi connectivity index (χ2n) is 5.02. The highest BCUT2D eigenvalue weighted by Crippen LogP contribution is 2.31. The van der Waals surface area contributed by atoms with Gasteiger partial charge < -0.3 is 0 Å². The summed E-state index contributed by atoms with van der Waals surface area (Å²) >= 11 is 4.84. The topological polar surface area (TPSA) is 56.3 Å². The van der Waals surface area contributed by atoms with Gasteiger partial charge in [-0.1, -0.05) is 46.0 Å². The van der Waals surface area contributed by atoms with Gasteiger partial charge in [-0.15, -0.1) is 0 Å². The first-order valence-corrected chi connectivity index (χ1v) is 10.3. The van der Waals surface area contributed by atoms with Gasteiger partial charge in [-0.3, -0.25) is 4.18 Å². The normalized spacial score (nSPS) is 11.2. The van der Waals surface area contributed by atoms with Gasteiger partial charge in [0.25, 0.3) is 10.1 Å². The van der Waals surface area contributed by atoms with Crippen LogP contribution in [-0.4, -0.2) is 25.7 Å². The molecule has 0 aliphatic carbocycles. The lowest BCUT2D eigenvalue weighted by molar-refractivity contribution is 0.368. The first kappa shape index (κ1) is 17.1. The van der Waals surface area contributed by atoms with Gasteiger partial charge >= 0.3 is 0 Å². The van der Waals surface area contributed by atoms with Crippen LogP contribution in [0.4, 0.5) is 0 Å². The quantitative estimate of drug-likeness (QED) is 0.472. The fourth-order valence-corrected chi connectivity index (χ4v) is 3.48. The number of benzene rings is 2. The van der Waals surface area contributed by atoms with Crippen molar-refractivity contribution in [2.45, 2.75) is 0 Å². The molecule has 4 nitrogen and oxygen atoms in total. The Morgan fingerprint density at radius 3 is 2.67 bits per heavy atom. The Hall–Kier alpha value is -1.72. The van der Waals surface area contributed by atoms with Crippen molar-refractivity contribution in [1.82, 2.24) is 4.37 Å². The maximum Gasteiger partial charge on any atom is 0.265 e. The van der Waals surface area contributed by atoms with Crippen LogP contribution in [0.15, 0.2) is 46.9 Å². The molecule has 0 amide bonds. The summed E-state index contributed by atoms with van der Waals surface area (Å²) in [6, 6.07) is 13.8. The summed E-state index contributed by atoms with van der Waals surface area (Å²) in [4.78, 5) is 0. The van der Waals surface area contributed by atoms with Gasteiger partial charge in [0.05, 0.1) is 16.6 Å². The van der Waals surface area contributed by atoms with E-state index in [1.165, 1.54) is 11.5 Å². The van der Waals surface area contributed by atoms with Crippen LogP contribution in [0.3, 0.4) is 0 Å². The Kier molecular flexibility index (Phi) is 5.01. The number of halogens is 1. The van der Waals surface area contributed by atoms with Gasteiger partial charge in [-0.25, -0.2) is 0 Å². The maximum atomic E-state index is 10.9. The minimum absolute atomic E-state index is 0.149. The van der Waals surface area contributed by atoms with E-state index < -0.39 is 10.1 Å². The van der Waals surface area contributed by atoms with E-state index in [1.54, 1.807) is 0 Å². The van der Waals surface area contributed by atoms with E-state index in [-0.39, 0.29) is 6.61 Å². The molecule has 0 radical (unpaired) electrons. The Bertz CT molecular complexity index is 1040. The largest absolute Gasteiger partial charge is 0.265 e. The predicted molar refractivity (Wildman–Crippen MR) is 100 cm³/mol. The smallest absolute Gasteiger partial charge is 0.257 e. The molecule has 1 heterocycles. The molecule has 3 rings (SSSR count). The first-order chi connectivity index (χ1) is 11.4. The van der Waals surface area contributed by atoms with Crippen LogP contribution in [0, 0.1) is 11.8 Å². The molecule has 1 aromatic heterocycles. The van der Waals surface area contributed by atoms with Crippen molar-refractivity contribution in [3.8, 4) is 23.1 Å². The lowest BCUT2D eigenvalue weighted by Gasteiger charge is -1.99. The summed E-state index contributed by atoms with van der Waals surface area (Å²) in [6.45, 7) is -0.149. The van der Waals surface area contributed by atoms with E-state index >= 15 is 0 Å². The van der Waals surface area contributed by atoms with Gasteiger partial charge in [0.2, 0.25) is 0 Å². The highest BCUT2D eigenvalue weighted by Gasteiger charge is 2.08. The maximum absolute atomic E-state index is 10.9. The standard InChI is InChI=1S/C17H12BrNO3S2/c1-24(20,21)22-10-2-3-12-4-9-15-16(11-12)23-19-17(15)13-5-7-14(18)8-6-13/h4-9,11H,10H2,1H3. The van der Waals surface area contributed by atoms with Crippen LogP contribution in [0.2, 0.25) is 0 Å². The highest BCUT2D eigenvalue weighted by atomic mass is 79.9. The van der Waals surface area contributed by atoms with Gasteiger partial charge in [0.1, 0.15) is 6.61 Å². The van der Waals surface area contributed by atoms with Crippen molar-refractivity contribution in [1.29, 1.82) is 0 Å². The molecule has 2 aromatic carbocycles. The first-order valence-electron chi connectivity index (χ1n) is 6.91. The number of hydrogen-bond donors (Lipinski definition) is 0. The lowest BCUT2D eigenvalue weighted by atomic mass is 10.1. The average molecular weight is 422 g/mol. The van der Waals surface area contributed by atoms with Crippen LogP contribution >= 0.6 is 27.5 Å². The fraction of sp³-hybridized carbons (Fsp3) is 0.118. The van der Waals surface area contributed by atoms with Crippen LogP contribution in [0.25, 0.3) is 21.3 Å². The number of fused-ring (bicyclic) bond motifs is 1. The van der Waals surface area contributed by atoms with Gasteiger partial charge in [-0.05, 0) is 35.8 Å². The van der Waals surface area contributed by atoms with E-state index in [0.29, 0.717) is 0 Å². The Labute approximate surface area is 152 Å². The van der Waals surface area contributed by atoms with Crippen molar-refractivity contribution in [3.63, 3.8) is 0 Å². The van der Waals surface area contributed by atoms with Crippen LogP contribution in [-0.2, 0) is 14.3 Å². The zero-order valence-electron chi connectivity index (χ0n) is 12.6. The summed E-state index contributed by atoms with van der Waals surface area (Å²) in [7, 11) is -3.46. The molecule has 0 bridgehead atoms. The molecule has 0 N–H and O–H groups in total. The minimum Gasteiger partial charge on any atom is -0.257 e. The van der Waals surface area contributed by atoms with Crippen molar-refractivity contribution >= 4 is 47.7 Å². The molecule has 0 aliphatic rings. The van der Waals surface area contributed by atoms with Gasteiger partial charge in [0.15, 0.2) is 0 Å². The number of hydrogen-bond acceptors (Lipinski definition) is 5. The summed E-state index contributed by atoms with van der Waals surface area (Å²) < 4.78 is 32.9. The van der Waals surface area contributed by atoms with E-state index in [4.69, 9.17) is 0 Å². The summed E-state index contributed by atoms with van der Waals surface area (Å²) in [5.74, 6) is 5.59. The van der Waals surface area contributed by atoms with E-state index in [0.717, 1.165) is 37.6 Å². The molecule has 0 spiro atoms. The Balaban J connectivity index is 1.86. The zero-order valence-corrected chi connectivity index (χ0v) is 15.8. The van der Waals surface area contributed by atoms with Crippen LogP contribution in [0.5, 0.6) is 0 Å². The lowest BCUT2D eigenvalue weighted by Crippen LogP contribution is -2.02. The molecular weight excluding hydrogens is 410 g/mol. The molecular formula is C17H12BrNO3S2. The van der Waals surface area contributed by atoms with Crippen LogP contribution in [0.1, 0.15) is 5.56 Å². The Morgan fingerprint density at radius 1 is 1.21 bits per heavy atom. The highest BCUT2D eigenvalue weighted by molar-refractivity contribution is 9.10. The number of nitrogens with zero attached hydrogens (tertiary/aromatic N) is 1. The molecule has 0 unspecified atom stereocenters. The molecule has 122 valence electrons. The molecule has 3 aromatic rings. The number of aromatic nitrogens is 1. The molecule has 0 saturated carbocycles. The molecule has 0 atom stereocenters. The molecule has 0 aliphatic heterocycles. The van der Waals surface area contributed by atoms with Crippen LogP contribution < -0.4 is 0 Å². The second-order valence-corrected chi connectivity index (χ2v) is 8.38. The predicted octanol–water partition coefficient (Wildman–Crippen LogP) is 4.05. The molecule has 0 fully saturated rings. The third-order valence-corrected chi connectivity index (χ3v) is 5.05. The third-order valence-electron chi connectivity index (χ3n) is 3.17. The van der Waals surface area contributed by atoms with E-state index in [9.17, 15) is 8.42 Å². The van der Waals surface area contributed by atoms with Gasteiger partial charge in [0, 0.05) is 21.0 Å². The molecule has 7 heteroatoms. The summed E-state index contributed by atoms with van der Waals surface area (Å²) in [5, 5.41) is 1.07. The van der Waals surface area contributed by atoms with Crippen molar-refractivity contribution in [2.75, 3.05) is 12.9 Å². The second kappa shape index (κ2) is 7.03. The van der Waals surface area contributed by atoms with E-state index in [1.807, 2.05) is 42.5 Å². The van der Waals surface area contributed by atoms with Crippen molar-refractivity contribution < 1.29 is 12.6 Å². The van der Waals surface area contributed by atoms with Crippen molar-refractivity contribution in [3.05, 3.63) is 52.5 Å². The zero-order chi connectivity index (χ0) is 17.2. The summed E-state index contributed by atoms with van der Waals surface area (Å²) in [6.07, 6.45) is 1.00. The van der Waals surface area contributed by atoms with Crippen molar-refractivity contribution in [2.24, 2.45) is 0 Å². The Morgan fingerprint density at radius 2 is 1.96 bits per heavy atom. The SMILES string of the molecule is CS(=O)(=O)OCC#Cc1ccc2c(-c3ccc(Br)cc3)nsc2c1. The molecule has 0 saturated heterocycles. The summed E-state index contributed by atoms with van der Waals surface area (Å²) in [5.41, 5.74) is 2.80. The van der Waals surface area contributed by atoms with E-state index in [2.05, 4.69) is 36.3 Å².